The summed E-state index contributed by atoms with van der Waals surface area (Å²) in [6, 6.07) is 10.3. The summed E-state index contributed by atoms with van der Waals surface area (Å²) in [6.45, 7) is 3.95. The molecule has 1 amide bonds. The number of hydrogen-bond donors (Lipinski definition) is 1. The molecule has 0 radical (unpaired) electrons. The normalized spacial score (nSPS) is 18.5. The van der Waals surface area contributed by atoms with E-state index in [9.17, 15) is 4.79 Å². The van der Waals surface area contributed by atoms with Gasteiger partial charge in [0, 0.05) is 36.0 Å². The first kappa shape index (κ1) is 21.7. The Kier molecular flexibility index (Phi) is 5.44. The van der Waals surface area contributed by atoms with E-state index in [1.54, 1.807) is 29.2 Å². The number of amides is 1. The van der Waals surface area contributed by atoms with Crippen molar-refractivity contribution < 1.29 is 4.79 Å². The number of rotatable bonds is 7. The lowest BCUT2D eigenvalue weighted by molar-refractivity contribution is 0.0951. The van der Waals surface area contributed by atoms with Crippen LogP contribution in [0.1, 0.15) is 40.0 Å². The monoisotopic (exact) mass is 489 g/mol. The van der Waals surface area contributed by atoms with Gasteiger partial charge in [-0.05, 0) is 71.5 Å². The minimum atomic E-state index is -0.225. The molecule has 0 spiro atoms. The number of nitrogens with one attached hydrogen (secondary N) is 1. The predicted octanol–water partition coefficient (Wildman–Crippen LogP) is 2.79. The highest BCUT2D eigenvalue weighted by molar-refractivity contribution is 6.30. The van der Waals surface area contributed by atoms with Gasteiger partial charge in [0.2, 0.25) is 0 Å². The lowest BCUT2D eigenvalue weighted by atomic mass is 10.1. The van der Waals surface area contributed by atoms with Gasteiger partial charge < -0.3 is 10.2 Å². The zero-order valence-electron chi connectivity index (χ0n) is 19.2. The fourth-order valence-electron chi connectivity index (χ4n) is 4.79. The number of hydrogen-bond acceptors (Lipinski definition) is 7. The number of nitrogens with zero attached hydrogens (tertiary/aromatic N) is 8. The lowest BCUT2D eigenvalue weighted by Gasteiger charge is -2.20. The number of halogens is 1. The van der Waals surface area contributed by atoms with Gasteiger partial charge in [0.05, 0.1) is 24.0 Å². The van der Waals surface area contributed by atoms with Crippen molar-refractivity contribution in [1.29, 1.82) is 0 Å². The van der Waals surface area contributed by atoms with Crippen LogP contribution in [-0.2, 0) is 13.1 Å². The van der Waals surface area contributed by atoms with Crippen molar-refractivity contribution in [1.82, 2.24) is 40.3 Å². The Balaban J connectivity index is 1.11. The summed E-state index contributed by atoms with van der Waals surface area (Å²) in [4.78, 5) is 20.1. The minimum Gasteiger partial charge on any atom is -0.353 e. The number of piperidine rings is 1. The van der Waals surface area contributed by atoms with Crippen LogP contribution in [0.2, 0.25) is 5.02 Å². The number of pyridine rings is 1. The topological polar surface area (TPSA) is 107 Å². The van der Waals surface area contributed by atoms with Gasteiger partial charge in [-0.15, -0.1) is 5.10 Å². The molecule has 4 aromatic rings. The van der Waals surface area contributed by atoms with Crippen molar-refractivity contribution >= 4 is 23.3 Å². The van der Waals surface area contributed by atoms with Crippen LogP contribution in [0.3, 0.4) is 0 Å². The molecule has 2 atom stereocenters. The van der Waals surface area contributed by atoms with Crippen molar-refractivity contribution in [2.45, 2.75) is 38.9 Å². The molecule has 178 valence electrons. The van der Waals surface area contributed by atoms with E-state index in [-0.39, 0.29) is 12.5 Å². The molecule has 11 heteroatoms. The maximum atomic E-state index is 12.8. The molecular weight excluding hydrogens is 466 g/mol. The number of aryl methyl sites for hydroxylation is 1. The molecule has 1 aliphatic heterocycles. The molecule has 2 fully saturated rings. The van der Waals surface area contributed by atoms with Crippen LogP contribution < -0.4 is 10.2 Å². The molecule has 35 heavy (non-hydrogen) atoms. The molecule has 1 aliphatic carbocycles. The first-order valence-electron chi connectivity index (χ1n) is 11.6. The minimum absolute atomic E-state index is 0.225. The summed E-state index contributed by atoms with van der Waals surface area (Å²) >= 11 is 6.16. The van der Waals surface area contributed by atoms with Crippen LogP contribution in [0.4, 0.5) is 5.82 Å². The van der Waals surface area contributed by atoms with E-state index in [1.807, 2.05) is 13.0 Å². The molecule has 10 nitrogen and oxygen atoms in total. The summed E-state index contributed by atoms with van der Waals surface area (Å²) in [5, 5.41) is 19.1. The molecule has 1 saturated carbocycles. The van der Waals surface area contributed by atoms with E-state index in [0.717, 1.165) is 40.8 Å². The van der Waals surface area contributed by atoms with Gasteiger partial charge in [-0.25, -0.2) is 9.67 Å². The molecule has 2 aliphatic rings. The van der Waals surface area contributed by atoms with Gasteiger partial charge in [-0.3, -0.25) is 9.48 Å². The van der Waals surface area contributed by atoms with Gasteiger partial charge >= 0.3 is 0 Å². The number of anilines is 1. The molecule has 0 bridgehead atoms. The molecule has 1 aromatic carbocycles. The Bertz CT molecular complexity index is 1380. The summed E-state index contributed by atoms with van der Waals surface area (Å²) in [6.07, 6.45) is 7.40. The molecule has 1 saturated heterocycles. The zero-order chi connectivity index (χ0) is 23.9. The van der Waals surface area contributed by atoms with Gasteiger partial charge in [-0.2, -0.15) is 5.10 Å². The summed E-state index contributed by atoms with van der Waals surface area (Å²) in [5.74, 6) is 1.71. The highest BCUT2D eigenvalue weighted by Crippen LogP contribution is 2.46. The average molecular weight is 490 g/mol. The van der Waals surface area contributed by atoms with Crippen molar-refractivity contribution in [3.05, 3.63) is 76.5 Å². The van der Waals surface area contributed by atoms with Gasteiger partial charge in [0.15, 0.2) is 0 Å². The Morgan fingerprint density at radius 2 is 2.14 bits per heavy atom. The van der Waals surface area contributed by atoms with Crippen LogP contribution in [0.25, 0.3) is 5.69 Å². The van der Waals surface area contributed by atoms with Crippen LogP contribution in [0.15, 0.2) is 49.1 Å². The van der Waals surface area contributed by atoms with Crippen molar-refractivity contribution in [2.75, 3.05) is 11.4 Å². The maximum Gasteiger partial charge on any atom is 0.254 e. The van der Waals surface area contributed by atoms with Crippen molar-refractivity contribution in [3.63, 3.8) is 0 Å². The number of aromatic nitrogens is 7. The molecule has 2 unspecified atom stereocenters. The van der Waals surface area contributed by atoms with Gasteiger partial charge in [-0.1, -0.05) is 17.7 Å². The fourth-order valence-corrected chi connectivity index (χ4v) is 4.99. The quantitative estimate of drug-likeness (QED) is 0.425. The van der Waals surface area contributed by atoms with Crippen LogP contribution in [-0.4, -0.2) is 53.5 Å². The predicted molar refractivity (Wildman–Crippen MR) is 129 cm³/mol. The molecule has 3 aromatic heterocycles. The van der Waals surface area contributed by atoms with Crippen LogP contribution >= 0.6 is 11.6 Å². The van der Waals surface area contributed by atoms with E-state index in [4.69, 9.17) is 16.6 Å². The molecule has 1 N–H and O–H groups in total. The summed E-state index contributed by atoms with van der Waals surface area (Å²) in [7, 11) is 0. The number of benzene rings is 1. The number of fused-ring (bicyclic) bond motifs is 1. The third-order valence-electron chi connectivity index (χ3n) is 6.81. The lowest BCUT2D eigenvalue weighted by Crippen LogP contribution is -2.23. The summed E-state index contributed by atoms with van der Waals surface area (Å²) < 4.78 is 3.29. The first-order valence-corrected chi connectivity index (χ1v) is 12.0. The number of carbonyl (C=O) groups is 1. The maximum absolute atomic E-state index is 12.8. The van der Waals surface area contributed by atoms with E-state index in [1.165, 1.54) is 23.9 Å². The largest absolute Gasteiger partial charge is 0.353 e. The second-order valence-corrected chi connectivity index (χ2v) is 9.53. The molecular formula is C24H24ClN9O. The van der Waals surface area contributed by atoms with Crippen LogP contribution in [0.5, 0.6) is 0 Å². The average Bonchev–Trinajstić information content (AvgIpc) is 3.26. The van der Waals surface area contributed by atoms with Crippen molar-refractivity contribution in [3.8, 4) is 5.69 Å². The second-order valence-electron chi connectivity index (χ2n) is 9.10. The molecule has 4 heterocycles. The van der Waals surface area contributed by atoms with E-state index < -0.39 is 0 Å². The third-order valence-corrected chi connectivity index (χ3v) is 7.04. The van der Waals surface area contributed by atoms with Crippen molar-refractivity contribution in [2.24, 2.45) is 5.92 Å². The Morgan fingerprint density at radius 3 is 2.89 bits per heavy atom. The highest BCUT2D eigenvalue weighted by atomic mass is 35.5. The van der Waals surface area contributed by atoms with E-state index >= 15 is 0 Å². The molecule has 6 rings (SSSR count). The zero-order valence-corrected chi connectivity index (χ0v) is 19.9. The fraction of sp³-hybridized carbons (Fsp3) is 0.333. The number of carbonyl (C=O) groups excluding carboxylic acids is 1. The highest BCUT2D eigenvalue weighted by Gasteiger charge is 2.47. The van der Waals surface area contributed by atoms with Gasteiger partial charge in [0.25, 0.3) is 5.91 Å². The Morgan fingerprint density at radius 1 is 1.23 bits per heavy atom. The number of tetrazole rings is 1. The third kappa shape index (κ3) is 4.37. The standard InChI is InChI=1S/C24H24ClN9O/c1-15-17(2-5-23(29-15)33-7-6-16-9-22(16)33)12-32-13-19(11-28-32)24(35)26-10-18-8-20(25)3-4-21(18)34-14-27-30-31-34/h2-5,8,11,13-14,16,22H,6-7,9-10,12H2,1H3,(H,26,35). The van der Waals surface area contributed by atoms with E-state index in [0.29, 0.717) is 23.2 Å². The Labute approximate surface area is 206 Å². The van der Waals surface area contributed by atoms with E-state index in [2.05, 4.69) is 43.0 Å². The first-order chi connectivity index (χ1) is 17.0. The van der Waals surface area contributed by atoms with Gasteiger partial charge in [0.1, 0.15) is 12.1 Å². The summed E-state index contributed by atoms with van der Waals surface area (Å²) in [5.41, 5.74) is 4.09. The van der Waals surface area contributed by atoms with Crippen LogP contribution in [0, 0.1) is 12.8 Å². The smallest absolute Gasteiger partial charge is 0.254 e. The Hall–Kier alpha value is -3.79. The second kappa shape index (κ2) is 8.77. The SMILES string of the molecule is Cc1nc(N2CCC3CC32)ccc1Cn1cc(C(=O)NCc2cc(Cl)ccc2-n2cnnn2)cn1.